The van der Waals surface area contributed by atoms with E-state index in [1.54, 1.807) is 31.8 Å². The predicted molar refractivity (Wildman–Crippen MR) is 107 cm³/mol. The molecule has 0 aliphatic heterocycles. The van der Waals surface area contributed by atoms with Gasteiger partial charge in [0.2, 0.25) is 5.88 Å². The number of aryl methyl sites for hydroxylation is 1. The number of carbonyl (C=O) groups excluding carboxylic acids is 1. The second kappa shape index (κ2) is 7.89. The molecule has 1 N–H and O–H groups in total. The summed E-state index contributed by atoms with van der Waals surface area (Å²) in [6, 6.07) is 3.50. The van der Waals surface area contributed by atoms with Gasteiger partial charge in [-0.25, -0.2) is 19.6 Å². The minimum absolute atomic E-state index is 0.254. The number of nitrogens with one attached hydrogen (secondary N) is 1. The molecule has 0 atom stereocenters. The molecule has 11 heteroatoms. The smallest absolute Gasteiger partial charge is 0.266 e. The number of methoxy groups -OCH3 is 2. The summed E-state index contributed by atoms with van der Waals surface area (Å²) in [4.78, 5) is 31.1. The molecule has 4 heterocycles. The van der Waals surface area contributed by atoms with Gasteiger partial charge in [0.1, 0.15) is 24.1 Å². The monoisotopic (exact) mass is 411 g/mol. The van der Waals surface area contributed by atoms with Crippen molar-refractivity contribution in [2.24, 2.45) is 0 Å². The fourth-order valence-corrected chi connectivity index (χ4v) is 3.90. The summed E-state index contributed by atoms with van der Waals surface area (Å²) in [6.07, 6.45) is 4.54. The lowest BCUT2D eigenvalue weighted by Crippen LogP contribution is -2.12. The molecule has 4 aromatic heterocycles. The van der Waals surface area contributed by atoms with Crippen LogP contribution in [-0.2, 0) is 11.3 Å². The van der Waals surface area contributed by atoms with Gasteiger partial charge in [-0.1, -0.05) is 0 Å². The third-order valence-corrected chi connectivity index (χ3v) is 5.32. The molecular formula is C18H17N7O3S. The highest BCUT2D eigenvalue weighted by molar-refractivity contribution is 7.20. The van der Waals surface area contributed by atoms with Crippen molar-refractivity contribution >= 4 is 33.1 Å². The Labute approximate surface area is 169 Å². The maximum absolute atomic E-state index is 12.9. The van der Waals surface area contributed by atoms with Crippen LogP contribution in [0.4, 0.5) is 5.69 Å². The molecule has 0 saturated carbocycles. The number of hydrogen-bond acceptors (Lipinski definition) is 9. The van der Waals surface area contributed by atoms with E-state index < -0.39 is 0 Å². The van der Waals surface area contributed by atoms with E-state index >= 15 is 0 Å². The van der Waals surface area contributed by atoms with Crippen LogP contribution in [0.2, 0.25) is 0 Å². The van der Waals surface area contributed by atoms with E-state index in [-0.39, 0.29) is 12.5 Å². The number of nitrogens with zero attached hydrogens (tertiary/aromatic N) is 6. The predicted octanol–water partition coefficient (Wildman–Crippen LogP) is 2.38. The van der Waals surface area contributed by atoms with Crippen LogP contribution >= 0.6 is 11.3 Å². The van der Waals surface area contributed by atoms with Gasteiger partial charge in [-0.05, 0) is 24.6 Å². The van der Waals surface area contributed by atoms with Crippen molar-refractivity contribution in [2.45, 2.75) is 13.5 Å². The Kier molecular flexibility index (Phi) is 5.14. The number of anilines is 1. The molecule has 148 valence electrons. The third kappa shape index (κ3) is 3.65. The molecule has 0 unspecified atom stereocenters. The summed E-state index contributed by atoms with van der Waals surface area (Å²) in [5.41, 5.74) is 1.32. The fraction of sp³-hybridized carbons (Fsp3) is 0.222. The average molecular weight is 411 g/mol. The normalized spacial score (nSPS) is 11.0. The van der Waals surface area contributed by atoms with Crippen LogP contribution in [0.3, 0.4) is 0 Å². The number of pyridine rings is 1. The molecule has 0 fully saturated rings. The maximum Gasteiger partial charge on any atom is 0.266 e. The van der Waals surface area contributed by atoms with Crippen molar-refractivity contribution in [1.29, 1.82) is 0 Å². The number of aromatic nitrogens is 6. The molecule has 29 heavy (non-hydrogen) atoms. The van der Waals surface area contributed by atoms with E-state index in [4.69, 9.17) is 9.47 Å². The minimum Gasteiger partial charge on any atom is -0.480 e. The molecule has 0 saturated heterocycles. The van der Waals surface area contributed by atoms with Crippen LogP contribution in [0, 0.1) is 6.92 Å². The Morgan fingerprint density at radius 1 is 1.28 bits per heavy atom. The summed E-state index contributed by atoms with van der Waals surface area (Å²) in [7, 11) is 3.11. The van der Waals surface area contributed by atoms with Crippen molar-refractivity contribution in [3.8, 4) is 11.7 Å². The zero-order chi connectivity index (χ0) is 20.4. The number of hydrogen-bond donors (Lipinski definition) is 1. The zero-order valence-electron chi connectivity index (χ0n) is 15.9. The number of thiophene rings is 1. The molecule has 0 aliphatic rings. The Bertz CT molecular complexity index is 1160. The molecule has 1 amide bonds. The summed E-state index contributed by atoms with van der Waals surface area (Å²) < 4.78 is 12.0. The van der Waals surface area contributed by atoms with Crippen LogP contribution < -0.4 is 10.1 Å². The number of fused-ring (bicyclic) bond motifs is 1. The van der Waals surface area contributed by atoms with Crippen LogP contribution in [0.15, 0.2) is 31.0 Å². The van der Waals surface area contributed by atoms with Gasteiger partial charge in [0.05, 0.1) is 29.3 Å². The van der Waals surface area contributed by atoms with Crippen molar-refractivity contribution in [3.05, 3.63) is 47.2 Å². The second-order valence-electron chi connectivity index (χ2n) is 6.02. The first-order chi connectivity index (χ1) is 14.1. The lowest BCUT2D eigenvalue weighted by Gasteiger charge is -2.06. The number of amides is 1. The van der Waals surface area contributed by atoms with Gasteiger partial charge < -0.3 is 14.8 Å². The first kappa shape index (κ1) is 18.9. The number of ether oxygens (including phenoxy) is 2. The molecule has 0 spiro atoms. The Morgan fingerprint density at radius 3 is 2.79 bits per heavy atom. The van der Waals surface area contributed by atoms with Gasteiger partial charge >= 0.3 is 0 Å². The zero-order valence-corrected chi connectivity index (χ0v) is 16.7. The highest BCUT2D eigenvalue weighted by Crippen LogP contribution is 2.35. The largest absolute Gasteiger partial charge is 0.480 e. The van der Waals surface area contributed by atoms with Crippen molar-refractivity contribution in [1.82, 2.24) is 29.7 Å². The second-order valence-corrected chi connectivity index (χ2v) is 7.02. The molecule has 0 aromatic carbocycles. The third-order valence-electron chi connectivity index (χ3n) is 4.14. The van der Waals surface area contributed by atoms with Gasteiger partial charge in [0.25, 0.3) is 5.91 Å². The Morgan fingerprint density at radius 2 is 2.14 bits per heavy atom. The molecule has 10 nitrogen and oxygen atoms in total. The van der Waals surface area contributed by atoms with E-state index in [0.29, 0.717) is 32.9 Å². The first-order valence-electron chi connectivity index (χ1n) is 8.56. The highest BCUT2D eigenvalue weighted by atomic mass is 32.1. The Hall–Kier alpha value is -3.44. The van der Waals surface area contributed by atoms with Crippen molar-refractivity contribution in [3.63, 3.8) is 0 Å². The highest BCUT2D eigenvalue weighted by Gasteiger charge is 2.21. The standard InChI is InChI=1S/C18H17N7O3S/c1-10-14-17(28-3)23-12(7-27-2)24-18(14)29-15(10)16(26)22-11-4-5-13(20-6-11)25-9-19-8-21-25/h4-6,8-9H,7H2,1-3H3,(H,22,26). The molecule has 4 rings (SSSR count). The van der Waals surface area contributed by atoms with Gasteiger partial charge in [-0.15, -0.1) is 11.3 Å². The SMILES string of the molecule is COCc1nc(OC)c2c(C)c(C(=O)Nc3ccc(-n4cncn4)nc3)sc2n1. The van der Waals surface area contributed by atoms with Crippen LogP contribution in [0.5, 0.6) is 5.88 Å². The summed E-state index contributed by atoms with van der Waals surface area (Å²) in [5, 5.41) is 7.60. The van der Waals surface area contributed by atoms with Crippen molar-refractivity contribution in [2.75, 3.05) is 19.5 Å². The lowest BCUT2D eigenvalue weighted by atomic mass is 10.2. The lowest BCUT2D eigenvalue weighted by molar-refractivity contribution is 0.103. The number of rotatable bonds is 6. The maximum atomic E-state index is 12.9. The Balaban J connectivity index is 1.62. The van der Waals surface area contributed by atoms with Crippen LogP contribution in [-0.4, -0.2) is 49.8 Å². The molecule has 0 bridgehead atoms. The summed E-state index contributed by atoms with van der Waals surface area (Å²) in [6.45, 7) is 2.11. The molecule has 4 aromatic rings. The summed E-state index contributed by atoms with van der Waals surface area (Å²) >= 11 is 1.28. The first-order valence-corrected chi connectivity index (χ1v) is 9.37. The van der Waals surface area contributed by atoms with Gasteiger partial charge in [-0.2, -0.15) is 10.1 Å². The van der Waals surface area contributed by atoms with Gasteiger partial charge in [-0.3, -0.25) is 4.79 Å². The quantitative estimate of drug-likeness (QED) is 0.514. The number of carbonyl (C=O) groups is 1. The van der Waals surface area contributed by atoms with E-state index in [1.165, 1.54) is 29.5 Å². The fourth-order valence-electron chi connectivity index (χ4n) is 2.81. The van der Waals surface area contributed by atoms with E-state index in [0.717, 1.165) is 10.9 Å². The average Bonchev–Trinajstić information content (AvgIpc) is 3.37. The summed E-state index contributed by atoms with van der Waals surface area (Å²) in [5.74, 6) is 1.27. The molecule has 0 radical (unpaired) electrons. The molecule has 0 aliphatic carbocycles. The van der Waals surface area contributed by atoms with E-state index in [1.807, 2.05) is 6.92 Å². The minimum atomic E-state index is -0.254. The topological polar surface area (TPSA) is 117 Å². The van der Waals surface area contributed by atoms with Crippen molar-refractivity contribution < 1.29 is 14.3 Å². The van der Waals surface area contributed by atoms with Gasteiger partial charge in [0.15, 0.2) is 11.6 Å². The van der Waals surface area contributed by atoms with Gasteiger partial charge in [0, 0.05) is 7.11 Å². The van der Waals surface area contributed by atoms with E-state index in [2.05, 4.69) is 30.4 Å². The van der Waals surface area contributed by atoms with Crippen LogP contribution in [0.25, 0.3) is 16.0 Å². The van der Waals surface area contributed by atoms with Crippen LogP contribution in [0.1, 0.15) is 21.1 Å². The van der Waals surface area contributed by atoms with E-state index in [9.17, 15) is 4.79 Å². The molecular weight excluding hydrogens is 394 g/mol.